The molecule has 0 saturated heterocycles. The van der Waals surface area contributed by atoms with Gasteiger partial charge in [0.05, 0.1) is 12.8 Å². The van der Waals surface area contributed by atoms with Crippen LogP contribution in [0.2, 0.25) is 0 Å². The van der Waals surface area contributed by atoms with Crippen LogP contribution in [0, 0.1) is 6.92 Å². The number of aryl methyl sites for hydroxylation is 2. The predicted octanol–water partition coefficient (Wildman–Crippen LogP) is 1.96. The van der Waals surface area contributed by atoms with Crippen LogP contribution in [0.25, 0.3) is 0 Å². The van der Waals surface area contributed by atoms with Crippen molar-refractivity contribution in [2.24, 2.45) is 0 Å². The minimum Gasteiger partial charge on any atom is -0.467 e. The highest BCUT2D eigenvalue weighted by Gasteiger charge is 2.12. The van der Waals surface area contributed by atoms with Gasteiger partial charge >= 0.3 is 0 Å². The van der Waals surface area contributed by atoms with E-state index in [1.54, 1.807) is 12.1 Å². The summed E-state index contributed by atoms with van der Waals surface area (Å²) in [6, 6.07) is 7.09. The molecule has 5 heteroatoms. The average Bonchev–Trinajstić information content (AvgIpc) is 3.04. The Bertz CT molecular complexity index is 515. The van der Waals surface area contributed by atoms with E-state index in [4.69, 9.17) is 8.83 Å². The maximum Gasteiger partial charge on any atom is 0.220 e. The first-order chi connectivity index (χ1) is 9.15. The lowest BCUT2D eigenvalue weighted by atomic mass is 10.2. The number of rotatable bonds is 6. The topological polar surface area (TPSA) is 75.6 Å². The van der Waals surface area contributed by atoms with E-state index in [0.29, 0.717) is 18.6 Å². The number of amides is 1. The van der Waals surface area contributed by atoms with Gasteiger partial charge in [0.15, 0.2) is 0 Å². The van der Waals surface area contributed by atoms with Crippen molar-refractivity contribution in [1.29, 1.82) is 0 Å². The van der Waals surface area contributed by atoms with Crippen molar-refractivity contribution in [3.05, 3.63) is 47.8 Å². The summed E-state index contributed by atoms with van der Waals surface area (Å²) < 4.78 is 10.4. The van der Waals surface area contributed by atoms with E-state index in [0.717, 1.165) is 11.5 Å². The molecule has 102 valence electrons. The van der Waals surface area contributed by atoms with Crippen LogP contribution in [0.1, 0.15) is 29.8 Å². The minimum absolute atomic E-state index is 0.125. The van der Waals surface area contributed by atoms with Gasteiger partial charge in [-0.1, -0.05) is 0 Å². The molecule has 0 saturated carbocycles. The highest BCUT2D eigenvalue weighted by molar-refractivity contribution is 5.76. The fraction of sp³-hybridized carbons (Fsp3) is 0.357. The second-order valence-electron chi connectivity index (χ2n) is 4.35. The summed E-state index contributed by atoms with van der Waals surface area (Å²) in [5, 5.41) is 12.4. The quantitative estimate of drug-likeness (QED) is 0.835. The molecule has 0 fully saturated rings. The molecule has 0 aliphatic rings. The first kappa shape index (κ1) is 13.4. The van der Waals surface area contributed by atoms with Crippen LogP contribution in [0.4, 0.5) is 0 Å². The summed E-state index contributed by atoms with van der Waals surface area (Å²) in [6.45, 7) is 2.01. The fourth-order valence-electron chi connectivity index (χ4n) is 1.74. The molecule has 0 aliphatic carbocycles. The van der Waals surface area contributed by atoms with Crippen molar-refractivity contribution in [3.8, 4) is 0 Å². The normalized spacial score (nSPS) is 12.3. The Hall–Kier alpha value is -2.01. The minimum atomic E-state index is -0.815. The van der Waals surface area contributed by atoms with Gasteiger partial charge in [0.25, 0.3) is 0 Å². The third kappa shape index (κ3) is 3.99. The van der Waals surface area contributed by atoms with Crippen molar-refractivity contribution < 1.29 is 18.7 Å². The van der Waals surface area contributed by atoms with E-state index in [2.05, 4.69) is 5.32 Å². The summed E-state index contributed by atoms with van der Waals surface area (Å²) >= 11 is 0. The Morgan fingerprint density at radius 3 is 2.89 bits per heavy atom. The van der Waals surface area contributed by atoms with Gasteiger partial charge in [0.2, 0.25) is 5.91 Å². The number of hydrogen-bond acceptors (Lipinski definition) is 4. The predicted molar refractivity (Wildman–Crippen MR) is 68.4 cm³/mol. The third-order valence-electron chi connectivity index (χ3n) is 2.76. The van der Waals surface area contributed by atoms with E-state index in [-0.39, 0.29) is 12.5 Å². The Morgan fingerprint density at radius 2 is 2.26 bits per heavy atom. The van der Waals surface area contributed by atoms with Crippen molar-refractivity contribution >= 4 is 5.91 Å². The SMILES string of the molecule is Cc1ccc(CCC(=O)NCC(O)c2ccco2)o1. The highest BCUT2D eigenvalue weighted by atomic mass is 16.4. The number of aliphatic hydroxyl groups is 1. The standard InChI is InChI=1S/C14H17NO4/c1-10-4-5-11(19-10)6-7-14(17)15-9-12(16)13-3-2-8-18-13/h2-5,8,12,16H,6-7,9H2,1H3,(H,15,17). The van der Waals surface area contributed by atoms with Crippen molar-refractivity contribution in [2.45, 2.75) is 25.9 Å². The van der Waals surface area contributed by atoms with Crippen LogP contribution in [0.5, 0.6) is 0 Å². The number of furan rings is 2. The van der Waals surface area contributed by atoms with E-state index < -0.39 is 6.10 Å². The van der Waals surface area contributed by atoms with Crippen molar-refractivity contribution in [2.75, 3.05) is 6.54 Å². The number of carbonyl (C=O) groups excluding carboxylic acids is 1. The van der Waals surface area contributed by atoms with Gasteiger partial charge in [0, 0.05) is 12.8 Å². The number of aliphatic hydroxyl groups excluding tert-OH is 1. The lowest BCUT2D eigenvalue weighted by Crippen LogP contribution is -2.28. The second-order valence-corrected chi connectivity index (χ2v) is 4.35. The van der Waals surface area contributed by atoms with Gasteiger partial charge in [-0.05, 0) is 31.2 Å². The van der Waals surface area contributed by atoms with Gasteiger partial charge in [-0.3, -0.25) is 4.79 Å². The van der Waals surface area contributed by atoms with Crippen LogP contribution in [0.3, 0.4) is 0 Å². The molecule has 1 atom stereocenters. The lowest BCUT2D eigenvalue weighted by Gasteiger charge is -2.09. The molecule has 1 unspecified atom stereocenters. The molecule has 1 amide bonds. The summed E-state index contributed by atoms with van der Waals surface area (Å²) in [5.74, 6) is 1.95. The van der Waals surface area contributed by atoms with E-state index in [1.807, 2.05) is 19.1 Å². The average molecular weight is 263 g/mol. The van der Waals surface area contributed by atoms with Gasteiger partial charge in [-0.25, -0.2) is 0 Å². The number of carbonyl (C=O) groups is 1. The largest absolute Gasteiger partial charge is 0.467 e. The van der Waals surface area contributed by atoms with Crippen LogP contribution in [-0.4, -0.2) is 17.6 Å². The van der Waals surface area contributed by atoms with E-state index >= 15 is 0 Å². The van der Waals surface area contributed by atoms with E-state index in [1.165, 1.54) is 6.26 Å². The van der Waals surface area contributed by atoms with Crippen LogP contribution >= 0.6 is 0 Å². The Morgan fingerprint density at radius 1 is 1.42 bits per heavy atom. The summed E-state index contributed by atoms with van der Waals surface area (Å²) in [6.07, 6.45) is 1.55. The Labute approximate surface area is 111 Å². The third-order valence-corrected chi connectivity index (χ3v) is 2.76. The maximum atomic E-state index is 11.6. The molecule has 19 heavy (non-hydrogen) atoms. The molecule has 0 radical (unpaired) electrons. The summed E-state index contributed by atoms with van der Waals surface area (Å²) in [4.78, 5) is 11.6. The molecule has 2 aromatic heterocycles. The van der Waals surface area contributed by atoms with Gasteiger partial charge < -0.3 is 19.3 Å². The molecule has 0 aromatic carbocycles. The number of nitrogens with one attached hydrogen (secondary N) is 1. The Balaban J connectivity index is 1.70. The lowest BCUT2D eigenvalue weighted by molar-refractivity contribution is -0.121. The monoisotopic (exact) mass is 263 g/mol. The molecule has 5 nitrogen and oxygen atoms in total. The molecule has 2 aromatic rings. The second kappa shape index (κ2) is 6.24. The molecule has 0 bridgehead atoms. The summed E-state index contributed by atoms with van der Waals surface area (Å²) in [5.41, 5.74) is 0. The first-order valence-corrected chi connectivity index (χ1v) is 6.18. The molecular formula is C14H17NO4. The van der Waals surface area contributed by atoms with E-state index in [9.17, 15) is 9.90 Å². The van der Waals surface area contributed by atoms with Crippen molar-refractivity contribution in [3.63, 3.8) is 0 Å². The molecular weight excluding hydrogens is 246 g/mol. The fourth-order valence-corrected chi connectivity index (χ4v) is 1.74. The maximum absolute atomic E-state index is 11.6. The zero-order chi connectivity index (χ0) is 13.7. The van der Waals surface area contributed by atoms with Crippen LogP contribution in [0.15, 0.2) is 39.4 Å². The van der Waals surface area contributed by atoms with Gasteiger partial charge in [0.1, 0.15) is 23.4 Å². The molecule has 2 heterocycles. The number of hydrogen-bond donors (Lipinski definition) is 2. The first-order valence-electron chi connectivity index (χ1n) is 6.18. The zero-order valence-electron chi connectivity index (χ0n) is 10.8. The highest BCUT2D eigenvalue weighted by Crippen LogP contribution is 2.12. The molecule has 2 rings (SSSR count). The smallest absolute Gasteiger partial charge is 0.220 e. The van der Waals surface area contributed by atoms with Crippen LogP contribution in [-0.2, 0) is 11.2 Å². The van der Waals surface area contributed by atoms with Gasteiger partial charge in [-0.2, -0.15) is 0 Å². The molecule has 2 N–H and O–H groups in total. The van der Waals surface area contributed by atoms with Gasteiger partial charge in [-0.15, -0.1) is 0 Å². The Kier molecular flexibility index (Phi) is 4.41. The summed E-state index contributed by atoms with van der Waals surface area (Å²) in [7, 11) is 0. The molecule has 0 spiro atoms. The zero-order valence-corrected chi connectivity index (χ0v) is 10.8. The van der Waals surface area contributed by atoms with Crippen LogP contribution < -0.4 is 5.32 Å². The molecule has 0 aliphatic heterocycles. The van der Waals surface area contributed by atoms with Crippen molar-refractivity contribution in [1.82, 2.24) is 5.32 Å².